The number of H-pyrrole nitrogens is 1. The average Bonchev–Trinajstić information content (AvgIpc) is 3.83. The maximum atomic E-state index is 14.7. The second-order valence-corrected chi connectivity index (χ2v) is 20.9. The molecule has 0 aliphatic carbocycles. The van der Waals surface area contributed by atoms with Crippen molar-refractivity contribution in [3.8, 4) is 5.75 Å². The molecular formula is C57H77N11O12. The van der Waals surface area contributed by atoms with Crippen molar-refractivity contribution in [2.75, 3.05) is 19.6 Å². The van der Waals surface area contributed by atoms with Crippen molar-refractivity contribution in [1.82, 2.24) is 47.5 Å². The Morgan fingerprint density at radius 2 is 1.31 bits per heavy atom. The Bertz CT molecular complexity index is 2760. The first-order valence-electron chi connectivity index (χ1n) is 27.1. The van der Waals surface area contributed by atoms with Crippen molar-refractivity contribution < 1.29 is 57.8 Å². The number of primary amides is 1. The van der Waals surface area contributed by atoms with Crippen LogP contribution in [0.15, 0.2) is 85.1 Å². The molecule has 14 N–H and O–H groups in total. The van der Waals surface area contributed by atoms with E-state index in [9.17, 15) is 53.1 Å². The molecule has 432 valence electrons. The summed E-state index contributed by atoms with van der Waals surface area (Å²) in [7, 11) is 0. The number of hydrogen-bond acceptors (Lipinski definition) is 13. The lowest BCUT2D eigenvalue weighted by Gasteiger charge is -2.27. The van der Waals surface area contributed by atoms with Crippen molar-refractivity contribution in [2.24, 2.45) is 11.5 Å². The van der Waals surface area contributed by atoms with Crippen LogP contribution < -0.4 is 54.0 Å². The highest BCUT2D eigenvalue weighted by atomic mass is 16.6. The highest BCUT2D eigenvalue weighted by molar-refractivity contribution is 5.98. The van der Waals surface area contributed by atoms with Crippen molar-refractivity contribution in [1.29, 1.82) is 0 Å². The molecule has 1 aromatic heterocycles. The predicted molar refractivity (Wildman–Crippen MR) is 296 cm³/mol. The second-order valence-electron chi connectivity index (χ2n) is 20.9. The number of nitrogens with two attached hydrogens (primary N) is 2. The molecule has 0 saturated carbocycles. The molecule has 5 rings (SSSR count). The zero-order valence-electron chi connectivity index (χ0n) is 45.7. The fourth-order valence-corrected chi connectivity index (χ4v) is 8.86. The molecule has 0 bridgehead atoms. The maximum Gasteiger partial charge on any atom is 0.308 e. The Balaban J connectivity index is 1.42. The van der Waals surface area contributed by atoms with Crippen LogP contribution >= 0.6 is 0 Å². The minimum atomic E-state index is -1.65. The Morgan fingerprint density at radius 1 is 0.688 bits per heavy atom. The third kappa shape index (κ3) is 21.8. The van der Waals surface area contributed by atoms with E-state index in [1.807, 2.05) is 18.2 Å². The average molecular weight is 1110 g/mol. The Morgan fingerprint density at radius 3 is 1.96 bits per heavy atom. The number of hydrogen-bond donors (Lipinski definition) is 12. The van der Waals surface area contributed by atoms with Crippen LogP contribution in [0.5, 0.6) is 5.75 Å². The van der Waals surface area contributed by atoms with E-state index in [2.05, 4.69) is 47.5 Å². The summed E-state index contributed by atoms with van der Waals surface area (Å²) < 4.78 is 5.51. The van der Waals surface area contributed by atoms with Crippen LogP contribution in [0.4, 0.5) is 0 Å². The largest absolute Gasteiger partial charge is 0.508 e. The number of carbonyl (C=O) groups is 10. The molecule has 3 aromatic carbocycles. The number of aromatic amines is 1. The number of benzene rings is 3. The molecule has 6 atom stereocenters. The molecule has 23 nitrogen and oxygen atoms in total. The number of phenols is 1. The number of aromatic hydroxyl groups is 1. The molecule has 23 heteroatoms. The van der Waals surface area contributed by atoms with Gasteiger partial charge in [0, 0.05) is 55.9 Å². The van der Waals surface area contributed by atoms with Gasteiger partial charge >= 0.3 is 5.97 Å². The van der Waals surface area contributed by atoms with Gasteiger partial charge in [-0.3, -0.25) is 47.9 Å². The Hall–Kier alpha value is -8.34. The van der Waals surface area contributed by atoms with Crippen LogP contribution in [-0.4, -0.2) is 131 Å². The fourth-order valence-electron chi connectivity index (χ4n) is 8.86. The first kappa shape index (κ1) is 62.5. The van der Waals surface area contributed by atoms with Gasteiger partial charge in [-0.15, -0.1) is 0 Å². The molecule has 1 saturated heterocycles. The van der Waals surface area contributed by atoms with Crippen molar-refractivity contribution in [2.45, 2.75) is 153 Å². The van der Waals surface area contributed by atoms with Crippen LogP contribution in [0, 0.1) is 0 Å². The summed E-state index contributed by atoms with van der Waals surface area (Å²) in [5.41, 5.74) is 13.7. The molecule has 1 aliphatic heterocycles. The molecular weight excluding hydrogens is 1030 g/mol. The summed E-state index contributed by atoms with van der Waals surface area (Å²) in [4.78, 5) is 139. The normalized spacial score (nSPS) is 19.2. The molecule has 1 aliphatic rings. The quantitative estimate of drug-likeness (QED) is 0.0744. The highest BCUT2D eigenvalue weighted by Crippen LogP contribution is 2.20. The van der Waals surface area contributed by atoms with Gasteiger partial charge in [-0.25, -0.2) is 0 Å². The second kappa shape index (κ2) is 31.3. The van der Waals surface area contributed by atoms with Gasteiger partial charge in [-0.2, -0.15) is 0 Å². The molecule has 0 unspecified atom stereocenters. The number of fused-ring (bicyclic) bond motifs is 1. The number of esters is 1. The van der Waals surface area contributed by atoms with E-state index in [1.54, 1.807) is 75.5 Å². The van der Waals surface area contributed by atoms with Gasteiger partial charge in [0.05, 0.1) is 19.0 Å². The first-order chi connectivity index (χ1) is 38.1. The Kier molecular flexibility index (Phi) is 24.5. The van der Waals surface area contributed by atoms with E-state index in [-0.39, 0.29) is 82.0 Å². The molecule has 0 radical (unpaired) electrons. The number of ether oxygens (including phenoxy) is 1. The third-order valence-electron chi connectivity index (χ3n) is 13.1. The number of aromatic nitrogens is 1. The van der Waals surface area contributed by atoms with Gasteiger partial charge in [-0.05, 0) is 113 Å². The van der Waals surface area contributed by atoms with E-state index >= 15 is 0 Å². The summed E-state index contributed by atoms with van der Waals surface area (Å²) in [6.45, 7) is 4.67. The predicted octanol–water partition coefficient (Wildman–Crippen LogP) is 1.13. The van der Waals surface area contributed by atoms with E-state index in [0.717, 1.165) is 10.9 Å². The third-order valence-corrected chi connectivity index (χ3v) is 13.1. The van der Waals surface area contributed by atoms with Crippen molar-refractivity contribution in [3.05, 3.63) is 102 Å². The lowest BCUT2D eigenvalue weighted by atomic mass is 10.0. The summed E-state index contributed by atoms with van der Waals surface area (Å²) in [6.07, 6.45) is 3.48. The standard InChI is InChI=1S/C57H77N11O12/c1-57(2,3)80-50(73)32-46(56(79)67-44(51(59)74)30-35-15-5-4-6-16-35)68-54(77)43-20-12-14-28-61-48(71)22-10-9-21-47(70)60-27-13-11-19-42(65-52(75)40(58)29-36-23-25-38(69)26-24-36)53(76)63-34-49(72)64-45(55(78)66-43)31-37-33-62-41-18-8-7-17-39(37)41/h4-8,15-18,23-26,33,40,42-46,62,69H,9-14,19-22,27-32,34,58H2,1-3H3,(H2,59,74)(H,60,70)(H,61,71)(H,63,76)(H,64,72)(H,65,75)(H,66,78)(H,67,79)(H,68,77)/t40-,42-,43-,44-,45-,46-/m0/s1. The van der Waals surface area contributed by atoms with Crippen LogP contribution in [-0.2, 0) is 71.9 Å². The van der Waals surface area contributed by atoms with Gasteiger partial charge in [0.1, 0.15) is 41.6 Å². The lowest BCUT2D eigenvalue weighted by Crippen LogP contribution is -2.59. The lowest BCUT2D eigenvalue weighted by molar-refractivity contribution is -0.156. The monoisotopic (exact) mass is 1110 g/mol. The van der Waals surface area contributed by atoms with E-state index in [4.69, 9.17) is 16.2 Å². The van der Waals surface area contributed by atoms with Gasteiger partial charge in [0.15, 0.2) is 0 Å². The number of amides is 9. The van der Waals surface area contributed by atoms with Crippen LogP contribution in [0.1, 0.15) is 108 Å². The minimum Gasteiger partial charge on any atom is -0.508 e. The van der Waals surface area contributed by atoms with Gasteiger partial charge in [0.2, 0.25) is 53.2 Å². The number of rotatable bonds is 15. The molecule has 80 heavy (non-hydrogen) atoms. The topological polar surface area (TPSA) is 364 Å². The van der Waals surface area contributed by atoms with Crippen molar-refractivity contribution >= 4 is 70.0 Å². The number of carbonyl (C=O) groups excluding carboxylic acids is 10. The molecule has 4 aromatic rings. The number of para-hydroxylation sites is 1. The van der Waals surface area contributed by atoms with Crippen molar-refractivity contribution in [3.63, 3.8) is 0 Å². The number of phenolic OH excluding ortho intramolecular Hbond substituents is 1. The smallest absolute Gasteiger partial charge is 0.308 e. The molecule has 9 amide bonds. The molecule has 0 spiro atoms. The summed E-state index contributed by atoms with van der Waals surface area (Å²) >= 11 is 0. The van der Waals surface area contributed by atoms with Crippen LogP contribution in [0.2, 0.25) is 0 Å². The summed E-state index contributed by atoms with van der Waals surface area (Å²) in [6, 6.07) is 14.1. The summed E-state index contributed by atoms with van der Waals surface area (Å²) in [5.74, 6) is -7.10. The van der Waals surface area contributed by atoms with Gasteiger partial charge < -0.3 is 68.8 Å². The van der Waals surface area contributed by atoms with E-state index in [1.165, 1.54) is 12.1 Å². The molecule has 2 heterocycles. The van der Waals surface area contributed by atoms with Crippen LogP contribution in [0.3, 0.4) is 0 Å². The zero-order valence-corrected chi connectivity index (χ0v) is 45.7. The maximum absolute atomic E-state index is 14.7. The highest BCUT2D eigenvalue weighted by Gasteiger charge is 2.34. The van der Waals surface area contributed by atoms with Gasteiger partial charge in [0.25, 0.3) is 0 Å². The van der Waals surface area contributed by atoms with Crippen LogP contribution in [0.25, 0.3) is 10.9 Å². The number of nitrogens with one attached hydrogen (secondary N) is 9. The van der Waals surface area contributed by atoms with E-state index < -0.39 is 102 Å². The van der Waals surface area contributed by atoms with Gasteiger partial charge in [-0.1, -0.05) is 60.7 Å². The van der Waals surface area contributed by atoms with E-state index in [0.29, 0.717) is 48.8 Å². The minimum absolute atomic E-state index is 0.0104. The zero-order chi connectivity index (χ0) is 58.2. The SMILES string of the molecule is CC(C)(C)OC(=O)C[C@H](NC(=O)[C@@H]1CCCCNC(=O)CCCCC(=O)NCCCC[C@H](NC(=O)[C@@H](N)Cc2ccc(O)cc2)C(=O)NCC(=O)N[C@@H](Cc2c[nH]c3ccccc23)C(=O)N1)C(=O)N[C@@H](Cc1ccccc1)C(N)=O. The first-order valence-corrected chi connectivity index (χ1v) is 27.1. The molecule has 1 fully saturated rings. The Labute approximate surface area is 465 Å². The summed E-state index contributed by atoms with van der Waals surface area (Å²) in [5, 5.41) is 31.9. The fraction of sp³-hybridized carbons (Fsp3) is 0.474.